The van der Waals surface area contributed by atoms with E-state index in [9.17, 15) is 24.6 Å². The Morgan fingerprint density at radius 1 is 1.06 bits per heavy atom. The van der Waals surface area contributed by atoms with Crippen molar-refractivity contribution in [2.24, 2.45) is 14.1 Å². The quantitative estimate of drug-likeness (QED) is 0.255. The number of rotatable bonds is 2. The van der Waals surface area contributed by atoms with Crippen molar-refractivity contribution < 1.29 is 33.7 Å². The van der Waals surface area contributed by atoms with Crippen molar-refractivity contribution in [3.63, 3.8) is 0 Å². The summed E-state index contributed by atoms with van der Waals surface area (Å²) in [4.78, 5) is 39.0. The number of carbonyl (C=O) groups excluding carboxylic acids is 2. The van der Waals surface area contributed by atoms with Gasteiger partial charge in [0.05, 0.1) is 24.0 Å². The van der Waals surface area contributed by atoms with E-state index in [0.717, 1.165) is 4.57 Å². The summed E-state index contributed by atoms with van der Waals surface area (Å²) in [5.74, 6) is -1.28. The van der Waals surface area contributed by atoms with Gasteiger partial charge in [-0.15, -0.1) is 0 Å². The van der Waals surface area contributed by atoms with Crippen molar-refractivity contribution in [3.05, 3.63) is 86.7 Å². The van der Waals surface area contributed by atoms with Gasteiger partial charge in [0.25, 0.3) is 5.56 Å². The zero-order chi connectivity index (χ0) is 25.2. The highest BCUT2D eigenvalue weighted by molar-refractivity contribution is 6.21. The number of aromatic hydroxyl groups is 1. The van der Waals surface area contributed by atoms with E-state index in [1.54, 1.807) is 55.6 Å². The van der Waals surface area contributed by atoms with Crippen LogP contribution in [0.2, 0.25) is 0 Å². The molecule has 2 N–H and O–H groups in total. The maximum Gasteiger partial charge on any atom is 0.466 e. The van der Waals surface area contributed by atoms with E-state index in [4.69, 9.17) is 4.74 Å². The smallest absolute Gasteiger partial charge is 0.463 e. The van der Waals surface area contributed by atoms with Crippen LogP contribution in [0.25, 0.3) is 5.70 Å². The molecule has 3 aromatic rings. The van der Waals surface area contributed by atoms with Crippen LogP contribution < -0.4 is 14.9 Å². The Morgan fingerprint density at radius 3 is 2.40 bits per heavy atom. The van der Waals surface area contributed by atoms with Crippen LogP contribution in [0.4, 0.5) is 5.82 Å². The number of benzene rings is 2. The van der Waals surface area contributed by atoms with E-state index in [1.807, 2.05) is 0 Å². The van der Waals surface area contributed by atoms with Crippen LogP contribution in [-0.4, -0.2) is 37.0 Å². The van der Waals surface area contributed by atoms with Gasteiger partial charge in [-0.3, -0.25) is 14.4 Å². The molecular weight excluding hydrogens is 450 g/mol. The van der Waals surface area contributed by atoms with E-state index in [1.165, 1.54) is 30.0 Å². The molecule has 1 atom stereocenters. The third-order valence-electron chi connectivity index (χ3n) is 6.41. The van der Waals surface area contributed by atoms with Gasteiger partial charge in [0.1, 0.15) is 5.75 Å². The molecular formula is C26H23N3O6+2. The van der Waals surface area contributed by atoms with Crippen LogP contribution in [0.3, 0.4) is 0 Å². The van der Waals surface area contributed by atoms with Gasteiger partial charge in [0, 0.05) is 19.5 Å². The third-order valence-corrected chi connectivity index (χ3v) is 6.41. The number of ketones is 1. The number of allylic oxidation sites excluding steroid dienone is 1. The average Bonchev–Trinajstić information content (AvgIpc) is 3.12. The van der Waals surface area contributed by atoms with E-state index < -0.39 is 17.4 Å². The first kappa shape index (κ1) is 22.3. The predicted octanol–water partition coefficient (Wildman–Crippen LogP) is 2.21. The Kier molecular flexibility index (Phi) is 4.94. The molecule has 35 heavy (non-hydrogen) atoms. The Morgan fingerprint density at radius 2 is 1.74 bits per heavy atom. The second-order valence-corrected chi connectivity index (χ2v) is 8.58. The molecule has 0 amide bonds. The molecule has 0 bridgehead atoms. The molecule has 1 aliphatic heterocycles. The monoisotopic (exact) mass is 473 g/mol. The summed E-state index contributed by atoms with van der Waals surface area (Å²) < 4.78 is 9.18. The first-order valence-corrected chi connectivity index (χ1v) is 10.9. The largest absolute Gasteiger partial charge is 0.466 e. The summed E-state index contributed by atoms with van der Waals surface area (Å²) in [7, 11) is 3.00. The van der Waals surface area contributed by atoms with E-state index in [2.05, 4.69) is 0 Å². The number of aliphatic hydroxyl groups is 1. The SMILES string of the molecule is CC(=O)Oc1cccc(C2C3=C(c4ccccc4C3=O)/[N+](=C(\C)O)c3c2c(=O)n(C)c(O)[n+]3C)c1. The van der Waals surface area contributed by atoms with Crippen molar-refractivity contribution >= 4 is 29.2 Å². The number of esters is 1. The molecule has 9 nitrogen and oxygen atoms in total. The molecule has 0 saturated heterocycles. The highest BCUT2D eigenvalue weighted by Crippen LogP contribution is 2.50. The lowest BCUT2D eigenvalue weighted by atomic mass is 9.81. The fourth-order valence-corrected chi connectivity index (χ4v) is 5.01. The normalized spacial score (nSPS) is 17.6. The van der Waals surface area contributed by atoms with Crippen molar-refractivity contribution in [2.45, 2.75) is 19.8 Å². The maximum atomic E-state index is 13.8. The van der Waals surface area contributed by atoms with Crippen LogP contribution in [0.15, 0.2) is 58.9 Å². The summed E-state index contributed by atoms with van der Waals surface area (Å²) in [6.07, 6.45) is 0. The number of aliphatic hydroxyl groups excluding tert-OH is 1. The van der Waals surface area contributed by atoms with Crippen LogP contribution in [0.1, 0.15) is 46.8 Å². The van der Waals surface area contributed by atoms with Gasteiger partial charge in [-0.1, -0.05) is 39.5 Å². The molecule has 1 aliphatic carbocycles. The summed E-state index contributed by atoms with van der Waals surface area (Å²) in [5, 5.41) is 21.5. The Balaban J connectivity index is 1.95. The summed E-state index contributed by atoms with van der Waals surface area (Å²) in [6, 6.07) is 13.4. The maximum absolute atomic E-state index is 13.8. The molecule has 1 aromatic heterocycles. The molecule has 1 unspecified atom stereocenters. The molecule has 2 aromatic carbocycles. The lowest BCUT2D eigenvalue weighted by Gasteiger charge is -2.23. The molecule has 0 fully saturated rings. The van der Waals surface area contributed by atoms with E-state index >= 15 is 0 Å². The first-order valence-electron chi connectivity index (χ1n) is 10.9. The second kappa shape index (κ2) is 7.76. The minimum atomic E-state index is -0.850. The second-order valence-electron chi connectivity index (χ2n) is 8.58. The zero-order valence-corrected chi connectivity index (χ0v) is 19.6. The fourth-order valence-electron chi connectivity index (χ4n) is 5.01. The topological polar surface area (TPSA) is 113 Å². The predicted molar refractivity (Wildman–Crippen MR) is 125 cm³/mol. The highest BCUT2D eigenvalue weighted by atomic mass is 16.5. The number of fused-ring (bicyclic) bond motifs is 3. The number of nitrogens with zero attached hydrogens (tertiary/aromatic N) is 3. The molecule has 0 saturated carbocycles. The third kappa shape index (κ3) is 3.12. The highest BCUT2D eigenvalue weighted by Gasteiger charge is 2.54. The number of aromatic nitrogens is 2. The van der Waals surface area contributed by atoms with Crippen LogP contribution in [-0.2, 0) is 18.9 Å². The number of Topliss-reactive ketones (excluding diaryl/α,β-unsaturated/α-hetero) is 1. The molecule has 5 rings (SSSR count). The molecule has 0 radical (unpaired) electrons. The standard InChI is InChI=1S/C26H21N3O6/c1-13(30)29-22-17-10-5-6-11-18(17)23(32)20(22)19(15-8-7-9-16(12-15)35-14(2)31)21-24(29)27(3)26(34)28(4)25(21)33/h5-12,19H,1-4H3/p+2. The van der Waals surface area contributed by atoms with Crippen molar-refractivity contribution in [1.82, 2.24) is 4.57 Å². The number of hydrogen-bond donors (Lipinski definition) is 2. The van der Waals surface area contributed by atoms with Gasteiger partial charge in [0.15, 0.2) is 18.4 Å². The van der Waals surface area contributed by atoms with Gasteiger partial charge in [-0.25, -0.2) is 4.57 Å². The van der Waals surface area contributed by atoms with Gasteiger partial charge in [-0.2, -0.15) is 0 Å². The first-order chi connectivity index (χ1) is 16.6. The fraction of sp³-hybridized carbons (Fsp3) is 0.192. The summed E-state index contributed by atoms with van der Waals surface area (Å²) >= 11 is 0. The number of ether oxygens (including phenoxy) is 1. The molecule has 0 spiro atoms. The van der Waals surface area contributed by atoms with Crippen LogP contribution >= 0.6 is 0 Å². The van der Waals surface area contributed by atoms with Crippen LogP contribution in [0.5, 0.6) is 11.8 Å². The van der Waals surface area contributed by atoms with Crippen molar-refractivity contribution in [2.75, 3.05) is 0 Å². The van der Waals surface area contributed by atoms with E-state index in [0.29, 0.717) is 28.0 Å². The molecule has 2 aliphatic rings. The summed E-state index contributed by atoms with van der Waals surface area (Å²) in [5.41, 5.74) is 2.02. The van der Waals surface area contributed by atoms with Gasteiger partial charge in [0.2, 0.25) is 5.70 Å². The Bertz CT molecular complexity index is 1590. The molecule has 9 heteroatoms. The molecule has 2 heterocycles. The van der Waals surface area contributed by atoms with Gasteiger partial charge >= 0.3 is 23.7 Å². The molecule has 176 valence electrons. The van der Waals surface area contributed by atoms with Gasteiger partial charge in [-0.05, 0) is 23.8 Å². The Hall–Kier alpha value is -4.53. The Labute approximate surface area is 200 Å². The number of carbonyl (C=O) groups is 2. The van der Waals surface area contributed by atoms with Gasteiger partial charge < -0.3 is 14.9 Å². The lowest BCUT2D eigenvalue weighted by Crippen LogP contribution is -2.46. The minimum Gasteiger partial charge on any atom is -0.463 e. The van der Waals surface area contributed by atoms with E-state index in [-0.39, 0.29) is 34.8 Å². The summed E-state index contributed by atoms with van der Waals surface area (Å²) in [6.45, 7) is 2.74. The number of hydrogen-bond acceptors (Lipinski definition) is 5. The van der Waals surface area contributed by atoms with Crippen LogP contribution in [0, 0.1) is 0 Å². The van der Waals surface area contributed by atoms with Crippen molar-refractivity contribution in [1.29, 1.82) is 0 Å². The van der Waals surface area contributed by atoms with Crippen molar-refractivity contribution in [3.8, 4) is 11.8 Å². The zero-order valence-electron chi connectivity index (χ0n) is 19.6. The average molecular weight is 473 g/mol. The minimum absolute atomic E-state index is 0.168. The lowest BCUT2D eigenvalue weighted by molar-refractivity contribution is -0.719.